The van der Waals surface area contributed by atoms with E-state index in [0.717, 1.165) is 11.3 Å². The number of rotatable bonds is 15. The third-order valence-corrected chi connectivity index (χ3v) is 13.6. The first-order valence-electron chi connectivity index (χ1n) is 23.1. The van der Waals surface area contributed by atoms with Gasteiger partial charge in [0.25, 0.3) is 0 Å². The highest BCUT2D eigenvalue weighted by atomic mass is 16.7. The predicted octanol–water partition coefficient (Wildman–Crippen LogP) is 5.19. The van der Waals surface area contributed by atoms with Crippen LogP contribution in [0.5, 0.6) is 0 Å². The number of amides is 2. The van der Waals surface area contributed by atoms with Crippen LogP contribution >= 0.6 is 0 Å². The zero-order chi connectivity index (χ0) is 48.5. The van der Waals surface area contributed by atoms with Gasteiger partial charge >= 0.3 is 18.2 Å². The quantitative estimate of drug-likeness (QED) is 0.0691. The van der Waals surface area contributed by atoms with Gasteiger partial charge in [0.1, 0.15) is 31.5 Å². The summed E-state index contributed by atoms with van der Waals surface area (Å²) in [4.78, 5) is 58.5. The van der Waals surface area contributed by atoms with Gasteiger partial charge < -0.3 is 53.1 Å². The molecule has 3 aliphatic rings. The van der Waals surface area contributed by atoms with Crippen LogP contribution in [0.2, 0.25) is 0 Å². The number of hydrogen-bond donors (Lipinski definition) is 3. The lowest BCUT2D eigenvalue weighted by atomic mass is 9.73. The van der Waals surface area contributed by atoms with E-state index in [-0.39, 0.29) is 31.5 Å². The smallest absolute Gasteiger partial charge is 0.425 e. The molecule has 0 saturated carbocycles. The maximum Gasteiger partial charge on any atom is 0.425 e. The minimum atomic E-state index is -1.41. The molecule has 368 valence electrons. The highest BCUT2D eigenvalue weighted by Gasteiger charge is 2.61. The molecule has 3 fully saturated rings. The van der Waals surface area contributed by atoms with Crippen LogP contribution in [-0.4, -0.2) is 155 Å². The molecular weight excluding hydrogens is 853 g/mol. The molecule has 2 amide bonds. The van der Waals surface area contributed by atoms with E-state index >= 15 is 0 Å². The molecule has 2 aromatic rings. The summed E-state index contributed by atoms with van der Waals surface area (Å²) in [5.74, 6) is -3.53. The maximum absolute atomic E-state index is 14.7. The summed E-state index contributed by atoms with van der Waals surface area (Å²) in [6, 6.07) is 2.73. The first-order chi connectivity index (χ1) is 31.3. The molecule has 0 radical (unpaired) electrons. The number of nitrogens with zero attached hydrogens (tertiary/aromatic N) is 6. The number of nitrogens with one attached hydrogen (secondary N) is 2. The van der Waals surface area contributed by atoms with Gasteiger partial charge in [-0.25, -0.2) is 25.0 Å². The number of oxime groups is 1. The molecule has 0 spiro atoms. The number of alkyl carbamates (subject to hydrolysis) is 1. The van der Waals surface area contributed by atoms with Crippen LogP contribution in [0.3, 0.4) is 0 Å². The monoisotopic (exact) mass is 927 g/mol. The van der Waals surface area contributed by atoms with Crippen LogP contribution in [-0.2, 0) is 44.6 Å². The van der Waals surface area contributed by atoms with Gasteiger partial charge in [0.2, 0.25) is 0 Å². The minimum absolute atomic E-state index is 0.113. The number of aryl methyl sites for hydroxylation is 1. The Kier molecular flexibility index (Phi) is 18.1. The summed E-state index contributed by atoms with van der Waals surface area (Å²) in [6.07, 6.45) is 3.39. The standard InChI is InChI=1S/C47H74N8O11/c1-14-19-49-44(58)64-39-31(6)41(65-43-38(56)35(53(10)11)23-29(4)62-43)46(8,60-12)24-28(3)37(52-61-13)30(5)40-47(9,36(15-2)63-42(57)32(39)7)66-45(59)55(40)51-21-17-22-54-26-34(50-27-54)33-18-16-20-48-25-33/h14,16,18,20,25-32,35-36,38-41,43,51,56H,1,15,17,19,21-24H2,2-13H3,(H,49,58)/b52-37+/t28-,29-,30-,31+,32-,35+,36+,38-,39+,40?,41-,43+,46+,47-/m1/s1. The molecule has 3 N–H and O–H groups in total. The molecule has 66 heavy (non-hydrogen) atoms. The molecule has 19 heteroatoms. The van der Waals surface area contributed by atoms with E-state index in [0.29, 0.717) is 31.6 Å². The molecule has 5 rings (SSSR count). The van der Waals surface area contributed by atoms with E-state index in [9.17, 15) is 19.5 Å². The Labute approximate surface area is 389 Å². The third-order valence-electron chi connectivity index (χ3n) is 13.6. The van der Waals surface area contributed by atoms with Crippen LogP contribution < -0.4 is 10.7 Å². The van der Waals surface area contributed by atoms with E-state index in [1.54, 1.807) is 39.7 Å². The number of hydrazine groups is 1. The molecule has 0 aliphatic carbocycles. The van der Waals surface area contributed by atoms with Crippen molar-refractivity contribution in [2.45, 2.75) is 148 Å². The highest BCUT2D eigenvalue weighted by Crippen LogP contribution is 2.43. The van der Waals surface area contributed by atoms with E-state index in [1.807, 2.05) is 83.4 Å². The van der Waals surface area contributed by atoms with Crippen LogP contribution in [0.4, 0.5) is 9.59 Å². The van der Waals surface area contributed by atoms with Crippen molar-refractivity contribution in [3.63, 3.8) is 0 Å². The van der Waals surface area contributed by atoms with Crippen molar-refractivity contribution >= 4 is 23.9 Å². The Bertz CT molecular complexity index is 1950. The Morgan fingerprint density at radius 2 is 1.89 bits per heavy atom. The van der Waals surface area contributed by atoms with Crippen LogP contribution in [0.1, 0.15) is 81.1 Å². The zero-order valence-electron chi connectivity index (χ0n) is 40.8. The molecule has 1 unspecified atom stereocenters. The number of carbonyl (C=O) groups is 3. The zero-order valence-corrected chi connectivity index (χ0v) is 40.8. The van der Waals surface area contributed by atoms with Crippen molar-refractivity contribution in [2.75, 3.05) is 41.4 Å². The van der Waals surface area contributed by atoms with E-state index in [4.69, 9.17) is 33.3 Å². The maximum atomic E-state index is 14.7. The van der Waals surface area contributed by atoms with Crippen molar-refractivity contribution in [2.24, 2.45) is 28.8 Å². The van der Waals surface area contributed by atoms with Crippen LogP contribution in [0, 0.1) is 23.7 Å². The lowest BCUT2D eigenvalue weighted by Gasteiger charge is -2.48. The number of imidazole rings is 1. The second kappa shape index (κ2) is 22.9. The van der Waals surface area contributed by atoms with Crippen molar-refractivity contribution in [1.29, 1.82) is 0 Å². The average molecular weight is 927 g/mol. The minimum Gasteiger partial charge on any atom is -0.458 e. The first-order valence-corrected chi connectivity index (χ1v) is 23.1. The molecule has 0 bridgehead atoms. The second-order valence-electron chi connectivity index (χ2n) is 18.6. The molecule has 14 atom stereocenters. The first kappa shape index (κ1) is 52.3. The fraction of sp³-hybridized carbons (Fsp3) is 0.702. The van der Waals surface area contributed by atoms with E-state index in [2.05, 4.69) is 32.4 Å². The number of hydrogen-bond acceptors (Lipinski definition) is 16. The number of methoxy groups -OCH3 is 1. The summed E-state index contributed by atoms with van der Waals surface area (Å²) in [5, 5.41) is 20.5. The molecule has 2 aromatic heterocycles. The summed E-state index contributed by atoms with van der Waals surface area (Å²) in [5.41, 5.74) is 2.99. The topological polar surface area (TPSA) is 210 Å². The number of fused-ring (bicyclic) bond motifs is 1. The molecule has 3 aliphatic heterocycles. The average Bonchev–Trinajstić information content (AvgIpc) is 3.87. The molecular formula is C47H74N8O11. The van der Waals surface area contributed by atoms with Gasteiger partial charge in [0.05, 0.1) is 41.5 Å². The predicted molar refractivity (Wildman–Crippen MR) is 246 cm³/mol. The Morgan fingerprint density at radius 3 is 2.53 bits per heavy atom. The third kappa shape index (κ3) is 11.7. The number of ether oxygens (including phenoxy) is 6. The van der Waals surface area contributed by atoms with Crippen molar-refractivity contribution < 1.29 is 52.7 Å². The van der Waals surface area contributed by atoms with Crippen molar-refractivity contribution in [3.8, 4) is 11.3 Å². The van der Waals surface area contributed by atoms with Gasteiger partial charge in [-0.15, -0.1) is 6.58 Å². The number of aliphatic hydroxyl groups excluding tert-OH is 1. The Balaban J connectivity index is 1.55. The molecule has 0 aromatic carbocycles. The van der Waals surface area contributed by atoms with Gasteiger partial charge in [-0.1, -0.05) is 38.9 Å². The lowest BCUT2D eigenvalue weighted by Crippen LogP contribution is -2.62. The van der Waals surface area contributed by atoms with Crippen molar-refractivity contribution in [1.82, 2.24) is 35.2 Å². The van der Waals surface area contributed by atoms with Gasteiger partial charge in [0, 0.05) is 74.7 Å². The van der Waals surface area contributed by atoms with Crippen LogP contribution in [0.25, 0.3) is 11.3 Å². The number of esters is 1. The number of aromatic nitrogens is 3. The summed E-state index contributed by atoms with van der Waals surface area (Å²) in [6.45, 7) is 19.6. The number of carbonyl (C=O) groups excluding carboxylic acids is 3. The number of likely N-dealkylation sites (N-methyl/N-ethyl adjacent to an activating group) is 1. The fourth-order valence-electron chi connectivity index (χ4n) is 10.1. The number of cyclic esters (lactones) is 1. The highest BCUT2D eigenvalue weighted by molar-refractivity contribution is 5.90. The molecule has 19 nitrogen and oxygen atoms in total. The van der Waals surface area contributed by atoms with E-state index in [1.165, 1.54) is 18.2 Å². The van der Waals surface area contributed by atoms with Gasteiger partial charge in [-0.05, 0) is 79.6 Å². The summed E-state index contributed by atoms with van der Waals surface area (Å²) >= 11 is 0. The largest absolute Gasteiger partial charge is 0.458 e. The fourth-order valence-corrected chi connectivity index (χ4v) is 10.1. The summed E-state index contributed by atoms with van der Waals surface area (Å²) in [7, 11) is 6.80. The van der Waals surface area contributed by atoms with Crippen molar-refractivity contribution in [3.05, 3.63) is 49.7 Å². The number of aliphatic hydroxyl groups is 1. The summed E-state index contributed by atoms with van der Waals surface area (Å²) < 4.78 is 40.5. The Morgan fingerprint density at radius 1 is 1.15 bits per heavy atom. The number of pyridine rings is 1. The normalized spacial score (nSPS) is 35.1. The lowest BCUT2D eigenvalue weighted by molar-refractivity contribution is -0.301. The van der Waals surface area contributed by atoms with E-state index < -0.39 is 89.8 Å². The Hall–Kier alpha value is -4.66. The van der Waals surface area contributed by atoms with Gasteiger partial charge in [-0.3, -0.25) is 9.78 Å². The van der Waals surface area contributed by atoms with Gasteiger partial charge in [0.15, 0.2) is 11.9 Å². The SMILES string of the molecule is C=CCNC(=O)O[C@H]1[C@H](C)[C@@H](O[C@@H]2O[C@H](C)C[C@H](N(C)C)[C@H]2O)[C@@](C)(OC)C[C@@H](C)/C(=N\OC)[C@@H](C)C2N(NCCCn3cnc(-c4cccnc4)c3)C(=O)O[C@]2(C)[C@H](CC)OC(=O)[C@@H]1C. The van der Waals surface area contributed by atoms with Gasteiger partial charge in [-0.2, -0.15) is 0 Å². The molecule has 5 heterocycles. The van der Waals surface area contributed by atoms with Crippen LogP contribution in [0.15, 0.2) is 54.9 Å². The second-order valence-corrected chi connectivity index (χ2v) is 18.6. The molecule has 3 saturated heterocycles.